The summed E-state index contributed by atoms with van der Waals surface area (Å²) in [5.74, 6) is 0.950. The molecule has 5 aromatic rings. The molecule has 222 valence electrons. The smallest absolute Gasteiger partial charge is 0.356 e. The second-order valence-electron chi connectivity index (χ2n) is 10.9. The van der Waals surface area contributed by atoms with Crippen LogP contribution in [0.3, 0.4) is 0 Å². The van der Waals surface area contributed by atoms with E-state index in [1.165, 1.54) is 12.7 Å². The first-order valence-electron chi connectivity index (χ1n) is 14.6. The van der Waals surface area contributed by atoms with Crippen molar-refractivity contribution in [2.45, 2.75) is 38.6 Å². The van der Waals surface area contributed by atoms with Crippen LogP contribution in [0, 0.1) is 11.3 Å². The number of methoxy groups -OCH3 is 1. The fourth-order valence-corrected chi connectivity index (χ4v) is 5.66. The highest BCUT2D eigenvalue weighted by atomic mass is 16.5. The number of furan rings is 1. The number of nitrogens with zero attached hydrogens (tertiary/aromatic N) is 6. The van der Waals surface area contributed by atoms with Gasteiger partial charge in [0.15, 0.2) is 11.3 Å². The van der Waals surface area contributed by atoms with Gasteiger partial charge in [0.25, 0.3) is 0 Å². The molecular weight excluding hydrogens is 560 g/mol. The summed E-state index contributed by atoms with van der Waals surface area (Å²) in [6.45, 7) is 3.91. The molecular formula is C33H30N6O5. The summed E-state index contributed by atoms with van der Waals surface area (Å²) in [6, 6.07) is 16.9. The third-order valence-electron chi connectivity index (χ3n) is 8.15. The van der Waals surface area contributed by atoms with Crippen LogP contribution in [0.15, 0.2) is 65.3 Å². The summed E-state index contributed by atoms with van der Waals surface area (Å²) in [6.07, 6.45) is 5.73. The average Bonchev–Trinajstić information content (AvgIpc) is 3.66. The van der Waals surface area contributed by atoms with Gasteiger partial charge in [-0.2, -0.15) is 5.26 Å². The third kappa shape index (κ3) is 5.41. The van der Waals surface area contributed by atoms with Gasteiger partial charge < -0.3 is 23.2 Å². The molecule has 11 heteroatoms. The fraction of sp³-hybridized carbons (Fsp3) is 0.303. The van der Waals surface area contributed by atoms with Crippen molar-refractivity contribution in [1.29, 1.82) is 5.26 Å². The third-order valence-corrected chi connectivity index (χ3v) is 8.15. The predicted molar refractivity (Wildman–Crippen MR) is 161 cm³/mol. The first-order valence-corrected chi connectivity index (χ1v) is 14.6. The molecule has 1 fully saturated rings. The van der Waals surface area contributed by atoms with E-state index in [-0.39, 0.29) is 18.4 Å². The molecule has 0 saturated carbocycles. The Morgan fingerprint density at radius 3 is 2.82 bits per heavy atom. The zero-order valence-corrected chi connectivity index (χ0v) is 24.2. The van der Waals surface area contributed by atoms with Crippen LogP contribution >= 0.6 is 0 Å². The Balaban J connectivity index is 1.05. The maximum atomic E-state index is 12.1. The van der Waals surface area contributed by atoms with Crippen LogP contribution in [0.2, 0.25) is 0 Å². The van der Waals surface area contributed by atoms with Crippen LogP contribution in [0.1, 0.15) is 46.0 Å². The number of esters is 1. The van der Waals surface area contributed by atoms with Gasteiger partial charge in [-0.25, -0.2) is 19.7 Å². The van der Waals surface area contributed by atoms with Crippen LogP contribution in [-0.4, -0.2) is 63.3 Å². The highest BCUT2D eigenvalue weighted by molar-refractivity contribution is 5.89. The van der Waals surface area contributed by atoms with Crippen molar-refractivity contribution in [1.82, 2.24) is 24.4 Å². The number of carbonyl (C=O) groups excluding carboxylic acids is 1. The number of imidazole rings is 1. The summed E-state index contributed by atoms with van der Waals surface area (Å²) in [5.41, 5.74) is 5.82. The predicted octanol–water partition coefficient (Wildman–Crippen LogP) is 4.89. The van der Waals surface area contributed by atoms with Gasteiger partial charge in [0.1, 0.15) is 23.5 Å². The van der Waals surface area contributed by atoms with Crippen molar-refractivity contribution in [3.8, 4) is 11.9 Å². The van der Waals surface area contributed by atoms with Crippen LogP contribution in [0.25, 0.3) is 27.7 Å². The molecule has 2 aliphatic heterocycles. The Bertz CT molecular complexity index is 1930. The largest absolute Gasteiger partial charge is 0.473 e. The number of aromatic nitrogens is 4. The molecule has 0 spiro atoms. The highest BCUT2D eigenvalue weighted by Crippen LogP contribution is 2.27. The summed E-state index contributed by atoms with van der Waals surface area (Å²) in [4.78, 5) is 28.7. The van der Waals surface area contributed by atoms with Gasteiger partial charge in [-0.1, -0.05) is 18.2 Å². The van der Waals surface area contributed by atoms with Gasteiger partial charge in [-0.05, 0) is 48.7 Å². The lowest BCUT2D eigenvalue weighted by atomic mass is 10.0. The molecule has 7 rings (SSSR count). The molecule has 44 heavy (non-hydrogen) atoms. The van der Waals surface area contributed by atoms with E-state index in [1.54, 1.807) is 24.5 Å². The number of rotatable bonds is 9. The molecule has 1 aromatic carbocycles. The number of pyridine rings is 2. The second-order valence-corrected chi connectivity index (χ2v) is 10.9. The molecule has 0 unspecified atom stereocenters. The van der Waals surface area contributed by atoms with Crippen LogP contribution < -0.4 is 4.74 Å². The van der Waals surface area contributed by atoms with Crippen LogP contribution in [-0.2, 0) is 29.2 Å². The monoisotopic (exact) mass is 590 g/mol. The first kappa shape index (κ1) is 27.8. The molecule has 1 atom stereocenters. The molecule has 0 bridgehead atoms. The standard InChI is InChI=1S/C33H30N6O5/c1-41-33(40)28-8-7-27-32(37-28)39(18-24-11-15-42-24)29(35-27)19-38-13-9-21(10-14-38)26-3-2-4-30(36-26)44-20-23-6-5-22(17-34)25-12-16-43-31(23)25/h2-9,12,16,24H,10-11,13-15,18-20H2,1H3/t24-/m0/s1. The summed E-state index contributed by atoms with van der Waals surface area (Å²) < 4.78 is 24.3. The summed E-state index contributed by atoms with van der Waals surface area (Å²) in [7, 11) is 1.35. The van der Waals surface area contributed by atoms with E-state index in [0.717, 1.165) is 60.5 Å². The van der Waals surface area contributed by atoms with E-state index < -0.39 is 5.97 Å². The Hall–Kier alpha value is -5.05. The lowest BCUT2D eigenvalue weighted by Gasteiger charge is -2.29. The molecule has 0 amide bonds. The van der Waals surface area contributed by atoms with Crippen molar-refractivity contribution in [3.05, 3.63) is 89.2 Å². The number of ether oxygens (including phenoxy) is 3. The van der Waals surface area contributed by atoms with Crippen molar-refractivity contribution in [2.75, 3.05) is 26.8 Å². The van der Waals surface area contributed by atoms with Gasteiger partial charge in [0.05, 0.1) is 49.9 Å². The lowest BCUT2D eigenvalue weighted by molar-refractivity contribution is -0.0592. The van der Waals surface area contributed by atoms with E-state index in [2.05, 4.69) is 26.6 Å². The van der Waals surface area contributed by atoms with E-state index in [9.17, 15) is 10.1 Å². The number of carbonyl (C=O) groups is 1. The summed E-state index contributed by atoms with van der Waals surface area (Å²) in [5, 5.41) is 10.1. The average molecular weight is 591 g/mol. The number of nitriles is 1. The Morgan fingerprint density at radius 1 is 1.14 bits per heavy atom. The Kier molecular flexibility index (Phi) is 7.52. The normalized spacial score (nSPS) is 16.8. The van der Waals surface area contributed by atoms with Crippen molar-refractivity contribution < 1.29 is 23.4 Å². The van der Waals surface area contributed by atoms with Crippen molar-refractivity contribution in [3.63, 3.8) is 0 Å². The van der Waals surface area contributed by atoms with E-state index in [0.29, 0.717) is 35.8 Å². The fourth-order valence-electron chi connectivity index (χ4n) is 5.66. The highest BCUT2D eigenvalue weighted by Gasteiger charge is 2.25. The van der Waals surface area contributed by atoms with Crippen molar-refractivity contribution in [2.24, 2.45) is 0 Å². The molecule has 0 radical (unpaired) electrons. The number of fused-ring (bicyclic) bond motifs is 2. The van der Waals surface area contributed by atoms with E-state index in [4.69, 9.17) is 28.6 Å². The van der Waals surface area contributed by atoms with Crippen molar-refractivity contribution >= 4 is 33.7 Å². The Morgan fingerprint density at radius 2 is 2.05 bits per heavy atom. The van der Waals surface area contributed by atoms with Crippen LogP contribution in [0.4, 0.5) is 0 Å². The first-order chi connectivity index (χ1) is 21.6. The SMILES string of the molecule is COC(=O)c1ccc2nc(CN3CC=C(c4cccc(OCc5ccc(C#N)c6ccoc56)n4)CC3)n(C[C@@H]3CCO3)c2n1. The number of benzene rings is 1. The topological polar surface area (TPSA) is 129 Å². The van der Waals surface area contributed by atoms with E-state index >= 15 is 0 Å². The minimum Gasteiger partial charge on any atom is -0.473 e. The number of hydrogen-bond acceptors (Lipinski definition) is 10. The number of hydrogen-bond donors (Lipinski definition) is 0. The van der Waals surface area contributed by atoms with Gasteiger partial charge in [0.2, 0.25) is 5.88 Å². The van der Waals surface area contributed by atoms with Crippen LogP contribution in [0.5, 0.6) is 5.88 Å². The molecule has 0 aliphatic carbocycles. The molecule has 0 N–H and O–H groups in total. The molecule has 4 aromatic heterocycles. The molecule has 11 nitrogen and oxygen atoms in total. The van der Waals surface area contributed by atoms with Gasteiger partial charge in [-0.3, -0.25) is 4.90 Å². The Labute approximate surface area is 253 Å². The van der Waals surface area contributed by atoms with Gasteiger partial charge in [-0.15, -0.1) is 0 Å². The van der Waals surface area contributed by atoms with Gasteiger partial charge in [0, 0.05) is 36.7 Å². The lowest BCUT2D eigenvalue weighted by Crippen LogP contribution is -2.34. The quantitative estimate of drug-likeness (QED) is 0.219. The summed E-state index contributed by atoms with van der Waals surface area (Å²) >= 11 is 0. The maximum Gasteiger partial charge on any atom is 0.356 e. The molecule has 2 aliphatic rings. The zero-order chi connectivity index (χ0) is 30.0. The maximum absolute atomic E-state index is 12.1. The zero-order valence-electron chi connectivity index (χ0n) is 24.2. The molecule has 1 saturated heterocycles. The second kappa shape index (κ2) is 11.9. The minimum atomic E-state index is -0.470. The van der Waals surface area contributed by atoms with E-state index in [1.807, 2.05) is 30.3 Å². The minimum absolute atomic E-state index is 0.116. The molecule has 6 heterocycles. The van der Waals surface area contributed by atoms with Gasteiger partial charge >= 0.3 is 5.97 Å².